The second-order valence-corrected chi connectivity index (χ2v) is 16.0. The molecule has 8 rings (SSSR count). The molecule has 8 aliphatic carbocycles. The van der Waals surface area contributed by atoms with Crippen molar-refractivity contribution in [3.8, 4) is 0 Å². The van der Waals surface area contributed by atoms with Crippen LogP contribution >= 0.6 is 0 Å². The Balaban J connectivity index is 0.000000144. The fourth-order valence-electron chi connectivity index (χ4n) is 13.1. The third-order valence-corrected chi connectivity index (χ3v) is 10.5. The van der Waals surface area contributed by atoms with E-state index in [-0.39, 0.29) is 26.5 Å². The van der Waals surface area contributed by atoms with Gasteiger partial charge in [-0.05, 0) is 95.7 Å². The number of aliphatic hydroxyl groups is 1. The third kappa shape index (κ3) is 3.99. The Hall–Kier alpha value is 0.388. The van der Waals surface area contributed by atoms with Gasteiger partial charge in [-0.3, -0.25) is 0 Å². The molecule has 0 heterocycles. The zero-order chi connectivity index (χ0) is 21.9. The van der Waals surface area contributed by atoms with Crippen molar-refractivity contribution in [2.75, 3.05) is 0 Å². The summed E-state index contributed by atoms with van der Waals surface area (Å²) >= 11 is 0. The van der Waals surface area contributed by atoms with Gasteiger partial charge in [-0.25, -0.2) is 6.61 Å². The van der Waals surface area contributed by atoms with E-state index in [1.807, 2.05) is 0 Å². The van der Waals surface area contributed by atoms with Crippen molar-refractivity contribution in [3.63, 3.8) is 0 Å². The summed E-state index contributed by atoms with van der Waals surface area (Å²) < 4.78 is 0. The van der Waals surface area contributed by atoms with Gasteiger partial charge >= 0.3 is 0 Å². The van der Waals surface area contributed by atoms with Crippen LogP contribution in [0.4, 0.5) is 0 Å². The van der Waals surface area contributed by atoms with Gasteiger partial charge in [0, 0.05) is 21.1 Å². The third-order valence-electron chi connectivity index (χ3n) is 10.5. The molecule has 0 unspecified atom stereocenters. The Morgan fingerprint density at radius 2 is 0.806 bits per heavy atom. The van der Waals surface area contributed by atoms with Crippen LogP contribution in [0.15, 0.2) is 12.7 Å². The standard InChI is InChI=1S/C15H24.C14H23O.W/c1-5-15-9-12(2)6-13(3,10-15)8-14(4,7-12)11-15;1-11-4-12(2)6-13(3,5-11)9-14(7-11,8-12)10-15;/h5H,1,6-11H2,2-4H3;10,15H,4-9H2,1-3H3;/q;-1;. The molecule has 0 spiro atoms. The van der Waals surface area contributed by atoms with Crippen molar-refractivity contribution < 1.29 is 26.2 Å². The first-order valence-corrected chi connectivity index (χ1v) is 12.7. The predicted octanol–water partition coefficient (Wildman–Crippen LogP) is 8.46. The molecule has 0 radical (unpaired) electrons. The summed E-state index contributed by atoms with van der Waals surface area (Å²) in [6, 6.07) is 0. The smallest absolute Gasteiger partial charge is 0 e. The number of rotatable bonds is 2. The largest absolute Gasteiger partial charge is 0.565 e. The Bertz CT molecular complexity index is 660. The van der Waals surface area contributed by atoms with Crippen LogP contribution in [0, 0.1) is 49.9 Å². The molecule has 8 aliphatic rings. The first-order valence-electron chi connectivity index (χ1n) is 12.7. The van der Waals surface area contributed by atoms with Gasteiger partial charge in [-0.2, -0.15) is 0 Å². The zero-order valence-electron chi connectivity index (χ0n) is 21.2. The van der Waals surface area contributed by atoms with Crippen LogP contribution in [0.2, 0.25) is 0 Å². The minimum absolute atomic E-state index is 0. The van der Waals surface area contributed by atoms with E-state index in [2.05, 4.69) is 54.2 Å². The van der Waals surface area contributed by atoms with Crippen LogP contribution < -0.4 is 0 Å². The molecule has 0 saturated heterocycles. The molecule has 8 saturated carbocycles. The summed E-state index contributed by atoms with van der Waals surface area (Å²) in [5.41, 5.74) is 4.00. The molecule has 2 heteroatoms. The van der Waals surface area contributed by atoms with Crippen molar-refractivity contribution in [3.05, 3.63) is 19.3 Å². The first kappa shape index (κ1) is 24.5. The van der Waals surface area contributed by atoms with Gasteiger partial charge < -0.3 is 5.11 Å². The van der Waals surface area contributed by atoms with Crippen molar-refractivity contribution in [1.29, 1.82) is 0 Å². The van der Waals surface area contributed by atoms with E-state index in [1.165, 1.54) is 77.0 Å². The van der Waals surface area contributed by atoms with Crippen molar-refractivity contribution in [1.82, 2.24) is 0 Å². The second-order valence-electron chi connectivity index (χ2n) is 16.0. The molecule has 0 amide bonds. The van der Waals surface area contributed by atoms with Gasteiger partial charge in [0.15, 0.2) is 0 Å². The summed E-state index contributed by atoms with van der Waals surface area (Å²) in [6.45, 7) is 20.6. The van der Waals surface area contributed by atoms with Crippen LogP contribution in [0.5, 0.6) is 0 Å². The van der Waals surface area contributed by atoms with Crippen LogP contribution in [0.25, 0.3) is 0 Å². The molecular formula is C29H47OW-. The number of hydrogen-bond donors (Lipinski definition) is 1. The molecule has 0 aliphatic heterocycles. The number of hydrogen-bond acceptors (Lipinski definition) is 1. The van der Waals surface area contributed by atoms with Gasteiger partial charge in [-0.1, -0.05) is 66.9 Å². The monoisotopic (exact) mass is 595 g/mol. The van der Waals surface area contributed by atoms with Gasteiger partial charge in [0.05, 0.1) is 0 Å². The van der Waals surface area contributed by atoms with E-state index in [4.69, 9.17) is 0 Å². The van der Waals surface area contributed by atoms with Crippen molar-refractivity contribution in [2.45, 2.75) is 119 Å². The van der Waals surface area contributed by atoms with Crippen LogP contribution in [0.1, 0.15) is 119 Å². The molecule has 0 aromatic heterocycles. The van der Waals surface area contributed by atoms with Gasteiger partial charge in [-0.15, -0.1) is 12.0 Å². The molecule has 0 atom stereocenters. The Morgan fingerprint density at radius 3 is 1.03 bits per heavy atom. The van der Waals surface area contributed by atoms with E-state index in [9.17, 15) is 5.11 Å². The van der Waals surface area contributed by atoms with Crippen LogP contribution in [-0.2, 0) is 21.1 Å². The Labute approximate surface area is 206 Å². The number of allylic oxidation sites excluding steroid dienone is 1. The van der Waals surface area contributed by atoms with Crippen LogP contribution in [-0.4, -0.2) is 5.11 Å². The average Bonchev–Trinajstić information content (AvgIpc) is 2.46. The summed E-state index contributed by atoms with van der Waals surface area (Å²) in [7, 11) is 0. The summed E-state index contributed by atoms with van der Waals surface area (Å²) in [6.07, 6.45) is 18.7. The predicted molar refractivity (Wildman–Crippen MR) is 125 cm³/mol. The van der Waals surface area contributed by atoms with E-state index in [0.29, 0.717) is 37.9 Å². The first-order chi connectivity index (χ1) is 13.6. The summed E-state index contributed by atoms with van der Waals surface area (Å²) in [5, 5.41) is 9.65. The second kappa shape index (κ2) is 6.74. The van der Waals surface area contributed by atoms with E-state index < -0.39 is 0 Å². The van der Waals surface area contributed by atoms with E-state index in [1.54, 1.807) is 6.61 Å². The quantitative estimate of drug-likeness (QED) is 0.251. The van der Waals surface area contributed by atoms with Gasteiger partial charge in [0.25, 0.3) is 0 Å². The maximum Gasteiger partial charge on any atom is 0 e. The maximum atomic E-state index is 9.65. The minimum atomic E-state index is 0. The molecule has 1 N–H and O–H groups in total. The molecular weight excluding hydrogens is 548 g/mol. The Kier molecular flexibility index (Phi) is 5.33. The molecule has 31 heavy (non-hydrogen) atoms. The SMILES string of the molecule is C=CC12CC3(C)CC(C)(CC(C)(C3)C1)C2.CC12CC3(C)CC(C)(C1)CC([CH-]O)(C2)C3.[W]. The molecule has 8 fully saturated rings. The molecule has 0 aromatic carbocycles. The van der Waals surface area contributed by atoms with Crippen molar-refractivity contribution >= 4 is 0 Å². The fraction of sp³-hybridized carbons (Fsp3) is 0.897. The van der Waals surface area contributed by atoms with Gasteiger partial charge in [0.1, 0.15) is 0 Å². The average molecular weight is 596 g/mol. The van der Waals surface area contributed by atoms with Crippen LogP contribution in [0.3, 0.4) is 0 Å². The van der Waals surface area contributed by atoms with Crippen molar-refractivity contribution in [2.24, 2.45) is 43.3 Å². The molecule has 0 aromatic rings. The van der Waals surface area contributed by atoms with Gasteiger partial charge in [0.2, 0.25) is 0 Å². The number of aliphatic hydroxyl groups excluding tert-OH is 1. The molecule has 1 nitrogen and oxygen atoms in total. The normalized spacial score (nSPS) is 60.2. The summed E-state index contributed by atoms with van der Waals surface area (Å²) in [4.78, 5) is 0. The maximum absolute atomic E-state index is 9.65. The van der Waals surface area contributed by atoms with E-state index in [0.717, 1.165) is 0 Å². The fourth-order valence-corrected chi connectivity index (χ4v) is 13.1. The Morgan fingerprint density at radius 1 is 0.548 bits per heavy atom. The molecule has 8 bridgehead atoms. The summed E-state index contributed by atoms with van der Waals surface area (Å²) in [5.74, 6) is 0. The minimum Gasteiger partial charge on any atom is -0.565 e. The molecule has 176 valence electrons. The topological polar surface area (TPSA) is 20.2 Å². The zero-order valence-corrected chi connectivity index (χ0v) is 24.1. The van der Waals surface area contributed by atoms with E-state index >= 15 is 0 Å².